The van der Waals surface area contributed by atoms with Crippen molar-refractivity contribution in [3.8, 4) is 0 Å². The van der Waals surface area contributed by atoms with Crippen LogP contribution in [0.4, 0.5) is 5.69 Å². The molecule has 0 radical (unpaired) electrons. The van der Waals surface area contributed by atoms with Gasteiger partial charge in [-0.1, -0.05) is 48.5 Å². The molecule has 2 aromatic carbocycles. The predicted octanol–water partition coefficient (Wildman–Crippen LogP) is 4.70. The van der Waals surface area contributed by atoms with Crippen molar-refractivity contribution in [1.82, 2.24) is 0 Å². The van der Waals surface area contributed by atoms with Crippen LogP contribution in [0.3, 0.4) is 0 Å². The highest BCUT2D eigenvalue weighted by molar-refractivity contribution is 6.20. The Bertz CT molecular complexity index is 1070. The third-order valence-corrected chi connectivity index (χ3v) is 5.62. The van der Waals surface area contributed by atoms with Gasteiger partial charge in [-0.2, -0.15) is 0 Å². The number of anilines is 1. The van der Waals surface area contributed by atoms with Crippen molar-refractivity contribution in [2.75, 3.05) is 18.6 Å². The van der Waals surface area contributed by atoms with Crippen molar-refractivity contribution in [2.24, 2.45) is 4.99 Å². The number of carbonyl (C=O) groups excluding carboxylic acids is 3. The molecule has 7 nitrogen and oxygen atoms in total. The van der Waals surface area contributed by atoms with Gasteiger partial charge in [-0.25, -0.2) is 0 Å². The number of amides is 1. The number of rotatable bonds is 9. The Morgan fingerprint density at radius 1 is 0.943 bits per heavy atom. The Morgan fingerprint density at radius 2 is 1.63 bits per heavy atom. The van der Waals surface area contributed by atoms with Gasteiger partial charge in [0.2, 0.25) is 0 Å². The van der Waals surface area contributed by atoms with Crippen molar-refractivity contribution < 1.29 is 23.9 Å². The van der Waals surface area contributed by atoms with Crippen LogP contribution in [0.15, 0.2) is 59.6 Å². The summed E-state index contributed by atoms with van der Waals surface area (Å²) in [6.07, 6.45) is 1.87. The second kappa shape index (κ2) is 11.8. The summed E-state index contributed by atoms with van der Waals surface area (Å²) in [4.78, 5) is 44.3. The maximum atomic E-state index is 13.7. The third kappa shape index (κ3) is 7.25. The average Bonchev–Trinajstić information content (AvgIpc) is 2.94. The molecule has 0 saturated heterocycles. The number of hydrogen-bond donors (Lipinski definition) is 0. The van der Waals surface area contributed by atoms with Crippen molar-refractivity contribution in [3.05, 3.63) is 65.7 Å². The Balaban J connectivity index is 1.92. The summed E-state index contributed by atoms with van der Waals surface area (Å²) in [5, 5.41) is 0. The number of methoxy groups -OCH3 is 1. The first-order valence-corrected chi connectivity index (χ1v) is 12.0. The highest BCUT2D eigenvalue weighted by Crippen LogP contribution is 2.30. The Kier molecular flexibility index (Phi) is 8.79. The molecule has 0 spiro atoms. The number of hydrogen-bond acceptors (Lipinski definition) is 6. The molecule has 0 unspecified atom stereocenters. The predicted molar refractivity (Wildman–Crippen MR) is 136 cm³/mol. The molecule has 1 heterocycles. The van der Waals surface area contributed by atoms with E-state index in [1.807, 2.05) is 75.4 Å². The zero-order valence-electron chi connectivity index (χ0n) is 21.0. The minimum absolute atomic E-state index is 0.0891. The lowest BCUT2D eigenvalue weighted by atomic mass is 10.00. The molecule has 2 aromatic rings. The molecule has 35 heavy (non-hydrogen) atoms. The molecule has 1 aliphatic heterocycles. The number of fused-ring (bicyclic) bond motifs is 1. The monoisotopic (exact) mass is 478 g/mol. The summed E-state index contributed by atoms with van der Waals surface area (Å²) in [6.45, 7) is 5.90. The zero-order valence-corrected chi connectivity index (χ0v) is 21.0. The SMILES string of the molecule is COC(=O)CCCCN1C(=O)[C@H](CCC(=O)OC(C)(C)C)N=C(c2ccccc2)c2ccccc21. The van der Waals surface area contributed by atoms with Crippen LogP contribution in [0.1, 0.15) is 64.0 Å². The van der Waals surface area contributed by atoms with Crippen LogP contribution in [-0.4, -0.2) is 48.9 Å². The second-order valence-electron chi connectivity index (χ2n) is 9.52. The van der Waals surface area contributed by atoms with Gasteiger partial charge >= 0.3 is 11.9 Å². The molecule has 1 atom stereocenters. The highest BCUT2D eigenvalue weighted by Gasteiger charge is 2.32. The number of benzene rings is 2. The van der Waals surface area contributed by atoms with E-state index in [1.54, 1.807) is 4.90 Å². The van der Waals surface area contributed by atoms with E-state index in [1.165, 1.54) is 7.11 Å². The maximum absolute atomic E-state index is 13.7. The number of unbranched alkanes of at least 4 members (excludes halogenated alkanes) is 1. The molecule has 1 amide bonds. The normalized spacial score (nSPS) is 15.7. The summed E-state index contributed by atoms with van der Waals surface area (Å²) < 4.78 is 10.2. The van der Waals surface area contributed by atoms with E-state index >= 15 is 0 Å². The van der Waals surface area contributed by atoms with Gasteiger partial charge < -0.3 is 14.4 Å². The Hall–Kier alpha value is -3.48. The molecule has 0 fully saturated rings. The highest BCUT2D eigenvalue weighted by atomic mass is 16.6. The number of nitrogens with zero attached hydrogens (tertiary/aromatic N) is 2. The molecule has 0 saturated carbocycles. The van der Waals surface area contributed by atoms with E-state index < -0.39 is 11.6 Å². The number of esters is 2. The lowest BCUT2D eigenvalue weighted by Crippen LogP contribution is -2.39. The van der Waals surface area contributed by atoms with E-state index in [0.717, 1.165) is 22.5 Å². The van der Waals surface area contributed by atoms with Crippen LogP contribution in [0.25, 0.3) is 0 Å². The first-order valence-electron chi connectivity index (χ1n) is 12.0. The second-order valence-corrected chi connectivity index (χ2v) is 9.52. The first kappa shape index (κ1) is 26.1. The van der Waals surface area contributed by atoms with Crippen LogP contribution in [-0.2, 0) is 23.9 Å². The fourth-order valence-electron chi connectivity index (χ4n) is 4.02. The topological polar surface area (TPSA) is 85.3 Å². The summed E-state index contributed by atoms with van der Waals surface area (Å²) >= 11 is 0. The van der Waals surface area contributed by atoms with Gasteiger partial charge in [0, 0.05) is 30.5 Å². The van der Waals surface area contributed by atoms with E-state index in [-0.39, 0.29) is 30.7 Å². The van der Waals surface area contributed by atoms with Gasteiger partial charge in [0.15, 0.2) is 0 Å². The van der Waals surface area contributed by atoms with Crippen LogP contribution in [0.5, 0.6) is 0 Å². The van der Waals surface area contributed by atoms with Crippen molar-refractivity contribution >= 4 is 29.2 Å². The Morgan fingerprint density at radius 3 is 2.31 bits per heavy atom. The molecular formula is C28H34N2O5. The lowest BCUT2D eigenvalue weighted by Gasteiger charge is -2.25. The van der Waals surface area contributed by atoms with Crippen molar-refractivity contribution in [2.45, 2.75) is 64.5 Å². The van der Waals surface area contributed by atoms with E-state index in [9.17, 15) is 14.4 Å². The van der Waals surface area contributed by atoms with Gasteiger partial charge in [0.1, 0.15) is 11.6 Å². The molecule has 0 aromatic heterocycles. The van der Waals surface area contributed by atoms with E-state index in [0.29, 0.717) is 25.8 Å². The molecule has 1 aliphatic rings. The van der Waals surface area contributed by atoms with Gasteiger partial charge in [0.25, 0.3) is 5.91 Å². The number of aliphatic imine (C=N–C) groups is 1. The number of ether oxygens (including phenoxy) is 2. The van der Waals surface area contributed by atoms with Crippen LogP contribution >= 0.6 is 0 Å². The first-order chi connectivity index (χ1) is 16.7. The third-order valence-electron chi connectivity index (χ3n) is 5.62. The quantitative estimate of drug-likeness (QED) is 0.385. The van der Waals surface area contributed by atoms with Crippen molar-refractivity contribution in [1.29, 1.82) is 0 Å². The fourth-order valence-corrected chi connectivity index (χ4v) is 4.02. The van der Waals surface area contributed by atoms with Crippen molar-refractivity contribution in [3.63, 3.8) is 0 Å². The molecule has 186 valence electrons. The largest absolute Gasteiger partial charge is 0.469 e. The molecule has 3 rings (SSSR count). The molecule has 0 N–H and O–H groups in total. The standard InChI is InChI=1S/C28H34N2O5/c1-28(2,3)35-25(32)18-17-22-27(33)30(19-11-10-16-24(31)34-4)23-15-9-8-14-21(23)26(29-22)20-12-6-5-7-13-20/h5-9,12-15,22H,10-11,16-19H2,1-4H3/t22-/m0/s1. The minimum Gasteiger partial charge on any atom is -0.469 e. The number of para-hydroxylation sites is 1. The van der Waals surface area contributed by atoms with Gasteiger partial charge in [-0.15, -0.1) is 0 Å². The van der Waals surface area contributed by atoms with Crippen LogP contribution in [0, 0.1) is 0 Å². The molecular weight excluding hydrogens is 444 g/mol. The Labute approximate surface area is 207 Å². The fraction of sp³-hybridized carbons (Fsp3) is 0.429. The molecule has 7 heteroatoms. The van der Waals surface area contributed by atoms with Crippen LogP contribution in [0.2, 0.25) is 0 Å². The van der Waals surface area contributed by atoms with Gasteiger partial charge in [-0.05, 0) is 46.1 Å². The zero-order chi connectivity index (χ0) is 25.4. The number of carbonyl (C=O) groups is 3. The minimum atomic E-state index is -0.731. The molecule has 0 aliphatic carbocycles. The summed E-state index contributed by atoms with van der Waals surface area (Å²) in [5.41, 5.74) is 2.67. The van der Waals surface area contributed by atoms with E-state index in [4.69, 9.17) is 14.5 Å². The summed E-state index contributed by atoms with van der Waals surface area (Å²) in [5.74, 6) is -0.782. The number of benzodiazepines with no additional fused rings is 1. The maximum Gasteiger partial charge on any atom is 0.306 e. The average molecular weight is 479 g/mol. The lowest BCUT2D eigenvalue weighted by molar-refractivity contribution is -0.155. The van der Waals surface area contributed by atoms with Crippen LogP contribution < -0.4 is 4.90 Å². The van der Waals surface area contributed by atoms with E-state index in [2.05, 4.69) is 0 Å². The summed E-state index contributed by atoms with van der Waals surface area (Å²) in [6, 6.07) is 16.7. The summed E-state index contributed by atoms with van der Waals surface area (Å²) in [7, 11) is 1.37. The molecule has 0 bridgehead atoms. The van der Waals surface area contributed by atoms with Gasteiger partial charge in [0.05, 0.1) is 18.5 Å². The van der Waals surface area contributed by atoms with Gasteiger partial charge in [-0.3, -0.25) is 19.4 Å². The smallest absolute Gasteiger partial charge is 0.306 e.